The Bertz CT molecular complexity index is 503. The number of halogens is 1. The summed E-state index contributed by atoms with van der Waals surface area (Å²) < 4.78 is 0. The number of likely N-dealkylation sites (N-methyl/N-ethyl adjacent to an activating group) is 1. The number of aromatic hydroxyl groups is 1. The van der Waals surface area contributed by atoms with Crippen molar-refractivity contribution in [2.75, 3.05) is 13.1 Å². The molecule has 0 aliphatic heterocycles. The maximum atomic E-state index is 12.3. The summed E-state index contributed by atoms with van der Waals surface area (Å²) in [6.07, 6.45) is 0. The second-order valence-corrected chi connectivity index (χ2v) is 5.11. The molecule has 0 unspecified atom stereocenters. The van der Waals surface area contributed by atoms with Crippen molar-refractivity contribution in [3.63, 3.8) is 0 Å². The van der Waals surface area contributed by atoms with Gasteiger partial charge in [-0.15, -0.1) is 0 Å². The lowest BCUT2D eigenvalue weighted by Gasteiger charge is -2.21. The van der Waals surface area contributed by atoms with E-state index in [1.807, 2.05) is 13.8 Å². The molecule has 2 amide bonds. The minimum Gasteiger partial charge on any atom is -0.508 e. The largest absolute Gasteiger partial charge is 0.508 e. The average Bonchev–Trinajstić information content (AvgIpc) is 2.37. The molecule has 0 heterocycles. The van der Waals surface area contributed by atoms with E-state index in [-0.39, 0.29) is 40.7 Å². The molecule has 0 spiro atoms. The minimum atomic E-state index is -0.382. The Balaban J connectivity index is 2.86. The number of nitrogens with one attached hydrogen (secondary N) is 1. The molecule has 0 atom stereocenters. The van der Waals surface area contributed by atoms with Crippen LogP contribution in [0.5, 0.6) is 5.75 Å². The molecule has 20 heavy (non-hydrogen) atoms. The summed E-state index contributed by atoms with van der Waals surface area (Å²) in [5.41, 5.74) is 0.186. The molecule has 0 aliphatic carbocycles. The van der Waals surface area contributed by atoms with Crippen molar-refractivity contribution in [1.82, 2.24) is 10.2 Å². The molecular formula is C14H19ClN2O3. The number of hydrogen-bond donors (Lipinski definition) is 2. The van der Waals surface area contributed by atoms with Crippen molar-refractivity contribution in [3.05, 3.63) is 28.8 Å². The van der Waals surface area contributed by atoms with E-state index in [0.717, 1.165) is 0 Å². The number of phenols is 1. The summed E-state index contributed by atoms with van der Waals surface area (Å²) >= 11 is 5.95. The van der Waals surface area contributed by atoms with Crippen LogP contribution < -0.4 is 5.32 Å². The van der Waals surface area contributed by atoms with Crippen LogP contribution in [0.25, 0.3) is 0 Å². The molecule has 1 rings (SSSR count). The zero-order chi connectivity index (χ0) is 15.3. The molecule has 0 radical (unpaired) electrons. The lowest BCUT2D eigenvalue weighted by Crippen LogP contribution is -2.42. The first-order valence-corrected chi connectivity index (χ1v) is 6.80. The van der Waals surface area contributed by atoms with E-state index in [9.17, 15) is 14.7 Å². The lowest BCUT2D eigenvalue weighted by atomic mass is 10.2. The Labute approximate surface area is 123 Å². The van der Waals surface area contributed by atoms with Gasteiger partial charge in [-0.25, -0.2) is 0 Å². The number of carbonyl (C=O) groups is 2. The Kier molecular flexibility index (Phi) is 5.82. The summed E-state index contributed by atoms with van der Waals surface area (Å²) in [6, 6.07) is 4.17. The van der Waals surface area contributed by atoms with Crippen LogP contribution in [0.15, 0.2) is 18.2 Å². The van der Waals surface area contributed by atoms with Crippen LogP contribution in [-0.4, -0.2) is 41.0 Å². The molecule has 0 saturated heterocycles. The summed E-state index contributed by atoms with van der Waals surface area (Å²) in [7, 11) is 0. The highest BCUT2D eigenvalue weighted by molar-refractivity contribution is 6.33. The normalized spacial score (nSPS) is 10.4. The van der Waals surface area contributed by atoms with Crippen LogP contribution in [0.2, 0.25) is 5.02 Å². The summed E-state index contributed by atoms with van der Waals surface area (Å²) in [6.45, 7) is 5.80. The monoisotopic (exact) mass is 298 g/mol. The third-order valence-corrected chi connectivity index (χ3v) is 2.96. The minimum absolute atomic E-state index is 0.0145. The van der Waals surface area contributed by atoms with E-state index in [4.69, 9.17) is 11.6 Å². The van der Waals surface area contributed by atoms with E-state index >= 15 is 0 Å². The highest BCUT2D eigenvalue weighted by Gasteiger charge is 2.20. The predicted octanol–water partition coefficient (Wildman–Crippen LogP) is 2.03. The number of phenolic OH excluding ortho intramolecular Hbond substituents is 1. The Morgan fingerprint density at radius 3 is 2.60 bits per heavy atom. The number of carbonyl (C=O) groups excluding carboxylic acids is 2. The molecule has 0 bridgehead atoms. The maximum Gasteiger partial charge on any atom is 0.255 e. The lowest BCUT2D eigenvalue weighted by molar-refractivity contribution is -0.122. The van der Waals surface area contributed by atoms with Gasteiger partial charge >= 0.3 is 0 Å². The van der Waals surface area contributed by atoms with Crippen LogP contribution in [-0.2, 0) is 4.79 Å². The van der Waals surface area contributed by atoms with Crippen LogP contribution in [0.3, 0.4) is 0 Å². The molecule has 110 valence electrons. The van der Waals surface area contributed by atoms with Gasteiger partial charge in [0.05, 0.1) is 17.1 Å². The van der Waals surface area contributed by atoms with Gasteiger partial charge in [0.15, 0.2) is 0 Å². The van der Waals surface area contributed by atoms with Crippen LogP contribution in [0.4, 0.5) is 0 Å². The fraction of sp³-hybridized carbons (Fsp3) is 0.429. The van der Waals surface area contributed by atoms with E-state index in [0.29, 0.717) is 6.54 Å². The first kappa shape index (κ1) is 16.3. The smallest absolute Gasteiger partial charge is 0.255 e. The van der Waals surface area contributed by atoms with E-state index in [1.165, 1.54) is 23.1 Å². The fourth-order valence-corrected chi connectivity index (χ4v) is 1.91. The zero-order valence-electron chi connectivity index (χ0n) is 11.8. The van der Waals surface area contributed by atoms with Crippen molar-refractivity contribution in [2.24, 2.45) is 0 Å². The van der Waals surface area contributed by atoms with E-state index in [2.05, 4.69) is 5.32 Å². The van der Waals surface area contributed by atoms with Gasteiger partial charge in [0.2, 0.25) is 5.91 Å². The SMILES string of the molecule is CCN(CC(=O)NC(C)C)C(=O)c1cc(O)ccc1Cl. The first-order valence-electron chi connectivity index (χ1n) is 6.42. The summed E-state index contributed by atoms with van der Waals surface area (Å²) in [5.74, 6) is -0.654. The standard InChI is InChI=1S/C14H19ClN2O3/c1-4-17(8-13(19)16-9(2)3)14(20)11-7-10(18)5-6-12(11)15/h5-7,9,18H,4,8H2,1-3H3,(H,16,19). The quantitative estimate of drug-likeness (QED) is 0.874. The molecular weight excluding hydrogens is 280 g/mol. The van der Waals surface area contributed by atoms with Gasteiger partial charge in [-0.2, -0.15) is 0 Å². The number of hydrogen-bond acceptors (Lipinski definition) is 3. The van der Waals surface area contributed by atoms with Gasteiger partial charge in [0, 0.05) is 12.6 Å². The number of nitrogens with zero attached hydrogens (tertiary/aromatic N) is 1. The van der Waals surface area contributed by atoms with Crippen molar-refractivity contribution in [2.45, 2.75) is 26.8 Å². The van der Waals surface area contributed by atoms with Gasteiger partial charge in [-0.3, -0.25) is 9.59 Å². The van der Waals surface area contributed by atoms with E-state index < -0.39 is 0 Å². The van der Waals surface area contributed by atoms with Crippen molar-refractivity contribution < 1.29 is 14.7 Å². The highest BCUT2D eigenvalue weighted by atomic mass is 35.5. The van der Waals surface area contributed by atoms with E-state index in [1.54, 1.807) is 6.92 Å². The summed E-state index contributed by atoms with van der Waals surface area (Å²) in [5, 5.41) is 12.4. The van der Waals surface area contributed by atoms with Gasteiger partial charge in [0.1, 0.15) is 5.75 Å². The predicted molar refractivity (Wildman–Crippen MR) is 78.0 cm³/mol. The maximum absolute atomic E-state index is 12.3. The van der Waals surface area contributed by atoms with Crippen molar-refractivity contribution in [1.29, 1.82) is 0 Å². The van der Waals surface area contributed by atoms with Crippen LogP contribution >= 0.6 is 11.6 Å². The number of benzene rings is 1. The first-order chi connectivity index (χ1) is 9.35. The van der Waals surface area contributed by atoms with Gasteiger partial charge in [0.25, 0.3) is 5.91 Å². The Morgan fingerprint density at radius 1 is 1.40 bits per heavy atom. The van der Waals surface area contributed by atoms with Crippen LogP contribution in [0, 0.1) is 0 Å². The Hall–Kier alpha value is -1.75. The van der Waals surface area contributed by atoms with Gasteiger partial charge in [-0.05, 0) is 39.0 Å². The molecule has 0 aromatic heterocycles. The number of rotatable bonds is 5. The number of amides is 2. The van der Waals surface area contributed by atoms with Gasteiger partial charge < -0.3 is 15.3 Å². The molecule has 0 aliphatic rings. The molecule has 0 saturated carbocycles. The molecule has 6 heteroatoms. The topological polar surface area (TPSA) is 69.6 Å². The fourth-order valence-electron chi connectivity index (χ4n) is 1.72. The third-order valence-electron chi connectivity index (χ3n) is 2.63. The molecule has 1 aromatic rings. The molecule has 1 aromatic carbocycles. The van der Waals surface area contributed by atoms with Gasteiger partial charge in [-0.1, -0.05) is 11.6 Å². The highest BCUT2D eigenvalue weighted by Crippen LogP contribution is 2.22. The zero-order valence-corrected chi connectivity index (χ0v) is 12.6. The second kappa shape index (κ2) is 7.14. The van der Waals surface area contributed by atoms with Crippen molar-refractivity contribution >= 4 is 23.4 Å². The van der Waals surface area contributed by atoms with Crippen molar-refractivity contribution in [3.8, 4) is 5.75 Å². The van der Waals surface area contributed by atoms with Crippen LogP contribution in [0.1, 0.15) is 31.1 Å². The second-order valence-electron chi connectivity index (χ2n) is 4.71. The summed E-state index contributed by atoms with van der Waals surface area (Å²) in [4.78, 5) is 25.4. The molecule has 5 nitrogen and oxygen atoms in total. The third kappa shape index (κ3) is 4.42. The average molecular weight is 299 g/mol. The Morgan fingerprint density at radius 2 is 2.05 bits per heavy atom. The molecule has 2 N–H and O–H groups in total. The molecule has 0 fully saturated rings.